The predicted octanol–water partition coefficient (Wildman–Crippen LogP) is 0.542. The van der Waals surface area contributed by atoms with Crippen LogP contribution >= 0.6 is 15.9 Å². The zero-order valence-electron chi connectivity index (χ0n) is 10.0. The second kappa shape index (κ2) is 5.15. The summed E-state index contributed by atoms with van der Waals surface area (Å²) in [7, 11) is 16.1. The monoisotopic (exact) mass is 315 g/mol. The summed E-state index contributed by atoms with van der Waals surface area (Å²) in [6.45, 7) is 0. The largest absolute Gasteiger partial charge is 0.515 e. The minimum Gasteiger partial charge on any atom is -0.515 e. The fourth-order valence-corrected chi connectivity index (χ4v) is 1.98. The van der Waals surface area contributed by atoms with Crippen LogP contribution in [-0.4, -0.2) is 45.9 Å². The Labute approximate surface area is 123 Å². The summed E-state index contributed by atoms with van der Waals surface area (Å²) in [5.41, 5.74) is -0.0409. The standard InChI is InChI=1S/C11H9B3BrNO3/c12-11(13,14)19-8-4-5(15)3-7(17)9(8)10(18)16-6-1-2-6/h3-4,6,17H,1-2H2,(H,16,18). The Bertz CT molecular complexity index is 515. The van der Waals surface area contributed by atoms with Crippen molar-refractivity contribution in [3.8, 4) is 11.5 Å². The Kier molecular flexibility index (Phi) is 3.90. The van der Waals surface area contributed by atoms with Crippen molar-refractivity contribution in [2.45, 2.75) is 24.2 Å². The SMILES string of the molecule is [B]C([B])([B])Oc1cc(Br)cc(O)c1C(=O)NC1CC1. The van der Waals surface area contributed by atoms with Crippen LogP contribution in [0.3, 0.4) is 0 Å². The summed E-state index contributed by atoms with van der Waals surface area (Å²) in [5, 5.41) is 10.7. The molecule has 2 rings (SSSR count). The number of ether oxygens (including phenoxy) is 1. The lowest BCUT2D eigenvalue weighted by Crippen LogP contribution is -2.38. The van der Waals surface area contributed by atoms with E-state index in [2.05, 4.69) is 21.2 Å². The van der Waals surface area contributed by atoms with Crippen LogP contribution in [0.25, 0.3) is 0 Å². The smallest absolute Gasteiger partial charge is 0.259 e. The number of aromatic hydroxyl groups is 1. The molecule has 92 valence electrons. The number of carbonyl (C=O) groups is 1. The predicted molar refractivity (Wildman–Crippen MR) is 76.9 cm³/mol. The molecule has 4 nitrogen and oxygen atoms in total. The van der Waals surface area contributed by atoms with Gasteiger partial charge in [0.25, 0.3) is 5.91 Å². The van der Waals surface area contributed by atoms with Gasteiger partial charge in [0.2, 0.25) is 0 Å². The molecule has 0 atom stereocenters. The highest BCUT2D eigenvalue weighted by Crippen LogP contribution is 2.34. The third-order valence-corrected chi connectivity index (χ3v) is 2.93. The number of hydrogen-bond acceptors (Lipinski definition) is 3. The molecule has 1 aromatic carbocycles. The molecule has 0 unspecified atom stereocenters. The van der Waals surface area contributed by atoms with Gasteiger partial charge in [0.1, 0.15) is 40.6 Å². The molecule has 8 heteroatoms. The number of hydrogen-bond donors (Lipinski definition) is 2. The van der Waals surface area contributed by atoms with Crippen LogP contribution in [0.5, 0.6) is 11.5 Å². The molecule has 0 aliphatic heterocycles. The summed E-state index contributed by atoms with van der Waals surface area (Å²) >= 11 is 3.17. The van der Waals surface area contributed by atoms with Crippen molar-refractivity contribution in [3.63, 3.8) is 0 Å². The van der Waals surface area contributed by atoms with E-state index in [9.17, 15) is 9.90 Å². The van der Waals surface area contributed by atoms with Gasteiger partial charge in [-0.05, 0) is 30.3 Å². The van der Waals surface area contributed by atoms with E-state index in [1.807, 2.05) is 0 Å². The lowest BCUT2D eigenvalue weighted by molar-refractivity contribution is 0.0944. The van der Waals surface area contributed by atoms with Gasteiger partial charge in [-0.1, -0.05) is 15.9 Å². The third kappa shape index (κ3) is 3.96. The van der Waals surface area contributed by atoms with Gasteiger partial charge in [0.05, 0.1) is 0 Å². The minimum absolute atomic E-state index is 0.0116. The average Bonchev–Trinajstić information content (AvgIpc) is 2.96. The molecule has 1 fully saturated rings. The first-order chi connectivity index (χ1) is 8.76. The Hall–Kier alpha value is -1.04. The number of halogens is 1. The van der Waals surface area contributed by atoms with Gasteiger partial charge in [0.15, 0.2) is 0 Å². The van der Waals surface area contributed by atoms with E-state index < -0.39 is 11.2 Å². The van der Waals surface area contributed by atoms with Crippen molar-refractivity contribution in [3.05, 3.63) is 22.2 Å². The molecular formula is C11H9B3BrNO3. The molecule has 1 aromatic rings. The van der Waals surface area contributed by atoms with Crippen LogP contribution in [0.15, 0.2) is 16.6 Å². The minimum atomic E-state index is -1.94. The van der Waals surface area contributed by atoms with E-state index >= 15 is 0 Å². The second-order valence-electron chi connectivity index (χ2n) is 4.50. The van der Waals surface area contributed by atoms with Gasteiger partial charge in [-0.25, -0.2) is 0 Å². The van der Waals surface area contributed by atoms with Crippen LogP contribution in [0, 0.1) is 0 Å². The van der Waals surface area contributed by atoms with Crippen molar-refractivity contribution in [2.24, 2.45) is 0 Å². The van der Waals surface area contributed by atoms with Crippen molar-refractivity contribution < 1.29 is 14.6 Å². The Morgan fingerprint density at radius 3 is 2.58 bits per heavy atom. The topological polar surface area (TPSA) is 58.6 Å². The van der Waals surface area contributed by atoms with Crippen molar-refractivity contribution in [2.75, 3.05) is 0 Å². The zero-order chi connectivity index (χ0) is 14.2. The lowest BCUT2D eigenvalue weighted by Gasteiger charge is -2.25. The summed E-state index contributed by atoms with van der Waals surface area (Å²) in [4.78, 5) is 12.0. The third-order valence-electron chi connectivity index (χ3n) is 2.47. The summed E-state index contributed by atoms with van der Waals surface area (Å²) in [5.74, 6) is -0.684. The maximum absolute atomic E-state index is 12.0. The van der Waals surface area contributed by atoms with Crippen molar-refractivity contribution in [1.29, 1.82) is 0 Å². The van der Waals surface area contributed by atoms with E-state index in [4.69, 9.17) is 28.3 Å². The van der Waals surface area contributed by atoms with Gasteiger partial charge >= 0.3 is 0 Å². The number of amides is 1. The first kappa shape index (κ1) is 14.4. The molecule has 2 N–H and O–H groups in total. The quantitative estimate of drug-likeness (QED) is 0.798. The van der Waals surface area contributed by atoms with E-state index in [1.165, 1.54) is 12.1 Å². The fraction of sp³-hybridized carbons (Fsp3) is 0.364. The van der Waals surface area contributed by atoms with Gasteiger partial charge in [0, 0.05) is 10.5 Å². The molecule has 0 saturated heterocycles. The molecule has 0 spiro atoms. The average molecular weight is 316 g/mol. The van der Waals surface area contributed by atoms with Gasteiger partial charge in [-0.15, -0.1) is 0 Å². The van der Waals surface area contributed by atoms with E-state index in [-0.39, 0.29) is 23.1 Å². The van der Waals surface area contributed by atoms with Crippen LogP contribution in [0.4, 0.5) is 0 Å². The number of carbonyl (C=O) groups excluding carboxylic acids is 1. The molecule has 19 heavy (non-hydrogen) atoms. The summed E-state index contributed by atoms with van der Waals surface area (Å²) in [6, 6.07) is 2.98. The fourth-order valence-electron chi connectivity index (χ4n) is 1.55. The van der Waals surface area contributed by atoms with Crippen LogP contribution < -0.4 is 10.1 Å². The Balaban J connectivity index is 2.35. The van der Waals surface area contributed by atoms with Gasteiger partial charge in [-0.3, -0.25) is 4.79 Å². The van der Waals surface area contributed by atoms with E-state index in [1.54, 1.807) is 0 Å². The van der Waals surface area contributed by atoms with Crippen LogP contribution in [0.1, 0.15) is 23.2 Å². The lowest BCUT2D eigenvalue weighted by atomic mass is 9.52. The number of phenols is 1. The highest BCUT2D eigenvalue weighted by molar-refractivity contribution is 9.10. The number of rotatable bonds is 4. The number of phenolic OH excluding ortho intramolecular Hbond substituents is 1. The molecule has 1 aliphatic rings. The highest BCUT2D eigenvalue weighted by Gasteiger charge is 2.28. The molecule has 6 radical (unpaired) electrons. The van der Waals surface area contributed by atoms with Crippen molar-refractivity contribution >= 4 is 45.4 Å². The number of nitrogens with one attached hydrogen (secondary N) is 1. The van der Waals surface area contributed by atoms with Gasteiger partial charge in [-0.2, -0.15) is 0 Å². The molecule has 1 saturated carbocycles. The normalized spacial score (nSPS) is 15.0. The van der Waals surface area contributed by atoms with Gasteiger partial charge < -0.3 is 15.2 Å². The first-order valence-electron chi connectivity index (χ1n) is 5.65. The second-order valence-corrected chi connectivity index (χ2v) is 5.42. The summed E-state index contributed by atoms with van der Waals surface area (Å²) < 4.78 is 5.61. The van der Waals surface area contributed by atoms with E-state index in [0.717, 1.165) is 12.8 Å². The maximum atomic E-state index is 12.0. The molecular weight excluding hydrogens is 306 g/mol. The Morgan fingerprint density at radius 1 is 1.42 bits per heavy atom. The molecule has 1 amide bonds. The summed E-state index contributed by atoms with van der Waals surface area (Å²) in [6.07, 6.45) is 1.85. The number of benzene rings is 1. The first-order valence-corrected chi connectivity index (χ1v) is 6.44. The zero-order valence-corrected chi connectivity index (χ0v) is 11.6. The maximum Gasteiger partial charge on any atom is 0.259 e. The van der Waals surface area contributed by atoms with Crippen LogP contribution in [0.2, 0.25) is 0 Å². The van der Waals surface area contributed by atoms with Crippen molar-refractivity contribution in [1.82, 2.24) is 5.32 Å². The molecule has 0 bridgehead atoms. The van der Waals surface area contributed by atoms with E-state index in [0.29, 0.717) is 4.47 Å². The highest BCUT2D eigenvalue weighted by atomic mass is 79.9. The molecule has 0 heterocycles. The Morgan fingerprint density at radius 2 is 2.05 bits per heavy atom. The molecule has 0 aromatic heterocycles. The molecule has 1 aliphatic carbocycles. The van der Waals surface area contributed by atoms with Crippen LogP contribution in [-0.2, 0) is 0 Å².